The molecule has 10 heteroatoms. The minimum Gasteiger partial charge on any atom is -0.394 e. The highest BCUT2D eigenvalue weighted by molar-refractivity contribution is 5.99. The van der Waals surface area contributed by atoms with E-state index < -0.39 is 29.8 Å². The number of anilines is 1. The predicted molar refractivity (Wildman–Crippen MR) is 73.6 cm³/mol. The summed E-state index contributed by atoms with van der Waals surface area (Å²) in [5.74, 6) is -1.07. The number of nitrogens with one attached hydrogen (secondary N) is 3. The fraction of sp³-hybridized carbons (Fsp3) is 0.667. The zero-order valence-electron chi connectivity index (χ0n) is 11.9. The number of fused-ring (bicyclic) bond motifs is 1. The van der Waals surface area contributed by atoms with Crippen LogP contribution in [0.2, 0.25) is 0 Å². The molecule has 1 aromatic heterocycles. The first kappa shape index (κ1) is 13.9. The molecule has 120 valence electrons. The molecule has 10 nitrogen and oxygen atoms in total. The summed E-state index contributed by atoms with van der Waals surface area (Å²) in [6.07, 6.45) is -0.663. The van der Waals surface area contributed by atoms with Gasteiger partial charge < -0.3 is 30.9 Å². The minimum atomic E-state index is -1.11. The Hall–Kier alpha value is -1.72. The lowest BCUT2D eigenvalue weighted by Gasteiger charge is -2.33. The van der Waals surface area contributed by atoms with Crippen LogP contribution < -0.4 is 21.7 Å². The van der Waals surface area contributed by atoms with Gasteiger partial charge in [-0.3, -0.25) is 15.1 Å². The fourth-order valence-corrected chi connectivity index (χ4v) is 3.18. The van der Waals surface area contributed by atoms with E-state index in [1.807, 2.05) is 0 Å². The zero-order chi connectivity index (χ0) is 15.7. The van der Waals surface area contributed by atoms with Crippen molar-refractivity contribution in [3.05, 3.63) is 12.0 Å². The smallest absolute Gasteiger partial charge is 0.276 e. The summed E-state index contributed by atoms with van der Waals surface area (Å²) >= 11 is 0. The fourth-order valence-electron chi connectivity index (χ4n) is 3.18. The number of rotatable bonds is 2. The molecule has 4 rings (SSSR count). The SMILES string of the molecule is CC1(N)NC(=O)c2ncn([C@@H]3O[C@H](CO)[C@H](O)C34CN4)c2N1. The van der Waals surface area contributed by atoms with Gasteiger partial charge in [0, 0.05) is 6.54 Å². The van der Waals surface area contributed by atoms with Crippen LogP contribution in [0, 0.1) is 0 Å². The van der Waals surface area contributed by atoms with E-state index in [4.69, 9.17) is 10.5 Å². The largest absolute Gasteiger partial charge is 0.394 e. The highest BCUT2D eigenvalue weighted by atomic mass is 16.5. The number of ether oxygens (including phenoxy) is 1. The van der Waals surface area contributed by atoms with Crippen molar-refractivity contribution in [1.29, 1.82) is 0 Å². The van der Waals surface area contributed by atoms with Crippen LogP contribution >= 0.6 is 0 Å². The van der Waals surface area contributed by atoms with Crippen LogP contribution in [0.4, 0.5) is 5.82 Å². The second kappa shape index (κ2) is 4.18. The quantitative estimate of drug-likeness (QED) is 0.321. The average molecular weight is 310 g/mol. The normalized spacial score (nSPS) is 42.9. The number of nitrogens with two attached hydrogens (primary N) is 1. The number of hydrogen-bond donors (Lipinski definition) is 6. The van der Waals surface area contributed by atoms with Gasteiger partial charge in [0.1, 0.15) is 23.6 Å². The van der Waals surface area contributed by atoms with E-state index in [1.54, 1.807) is 11.5 Å². The van der Waals surface area contributed by atoms with Crippen LogP contribution in [0.25, 0.3) is 0 Å². The van der Waals surface area contributed by atoms with Crippen LogP contribution in [0.3, 0.4) is 0 Å². The van der Waals surface area contributed by atoms with E-state index in [2.05, 4.69) is 20.9 Å². The second-order valence-electron chi connectivity index (χ2n) is 6.18. The maximum atomic E-state index is 12.0. The Labute approximate surface area is 125 Å². The summed E-state index contributed by atoms with van der Waals surface area (Å²) in [4.78, 5) is 16.1. The first-order valence-electron chi connectivity index (χ1n) is 7.04. The molecule has 4 heterocycles. The highest BCUT2D eigenvalue weighted by Crippen LogP contribution is 2.46. The summed E-state index contributed by atoms with van der Waals surface area (Å²) in [6, 6.07) is 0. The van der Waals surface area contributed by atoms with Crippen molar-refractivity contribution in [2.24, 2.45) is 5.73 Å². The molecule has 5 atom stereocenters. The van der Waals surface area contributed by atoms with Crippen LogP contribution in [-0.2, 0) is 4.74 Å². The number of hydrogen-bond acceptors (Lipinski definition) is 8. The van der Waals surface area contributed by atoms with E-state index in [-0.39, 0.29) is 18.2 Å². The molecule has 1 aromatic rings. The first-order valence-corrected chi connectivity index (χ1v) is 7.04. The summed E-state index contributed by atoms with van der Waals surface area (Å²) in [6.45, 7) is 1.88. The third-order valence-corrected chi connectivity index (χ3v) is 4.40. The van der Waals surface area contributed by atoms with Crippen molar-refractivity contribution in [3.63, 3.8) is 0 Å². The van der Waals surface area contributed by atoms with E-state index in [0.717, 1.165) is 0 Å². The Kier molecular flexibility index (Phi) is 2.64. The third kappa shape index (κ3) is 1.72. The number of carbonyl (C=O) groups is 1. The maximum absolute atomic E-state index is 12.0. The van der Waals surface area contributed by atoms with Gasteiger partial charge in [-0.2, -0.15) is 0 Å². The molecule has 1 amide bonds. The number of aromatic nitrogens is 2. The number of aliphatic hydroxyl groups is 2. The van der Waals surface area contributed by atoms with Gasteiger partial charge in [0.2, 0.25) is 0 Å². The second-order valence-corrected chi connectivity index (χ2v) is 6.18. The molecule has 3 aliphatic rings. The van der Waals surface area contributed by atoms with Gasteiger partial charge in [-0.1, -0.05) is 0 Å². The number of imidazole rings is 1. The summed E-state index contributed by atoms with van der Waals surface area (Å²) in [5, 5.41) is 28.3. The first-order chi connectivity index (χ1) is 10.4. The number of nitrogens with zero attached hydrogens (tertiary/aromatic N) is 2. The monoisotopic (exact) mass is 310 g/mol. The molecule has 0 aromatic carbocycles. The van der Waals surface area contributed by atoms with Crippen molar-refractivity contribution in [2.75, 3.05) is 18.5 Å². The summed E-state index contributed by atoms with van der Waals surface area (Å²) < 4.78 is 7.40. The van der Waals surface area contributed by atoms with Gasteiger partial charge in [-0.25, -0.2) is 4.98 Å². The number of amides is 1. The van der Waals surface area contributed by atoms with E-state index in [0.29, 0.717) is 12.4 Å². The van der Waals surface area contributed by atoms with E-state index in [1.165, 1.54) is 6.33 Å². The summed E-state index contributed by atoms with van der Waals surface area (Å²) in [5.41, 5.74) is 5.48. The lowest BCUT2D eigenvalue weighted by atomic mass is 10.00. The Morgan fingerprint density at radius 1 is 1.59 bits per heavy atom. The van der Waals surface area contributed by atoms with Gasteiger partial charge in [0.05, 0.1) is 12.9 Å². The van der Waals surface area contributed by atoms with Gasteiger partial charge in [0.15, 0.2) is 17.7 Å². The summed E-state index contributed by atoms with van der Waals surface area (Å²) in [7, 11) is 0. The van der Waals surface area contributed by atoms with Crippen molar-refractivity contribution in [3.8, 4) is 0 Å². The molecule has 0 radical (unpaired) electrons. The van der Waals surface area contributed by atoms with Gasteiger partial charge in [-0.15, -0.1) is 0 Å². The van der Waals surface area contributed by atoms with Crippen molar-refractivity contribution >= 4 is 11.7 Å². The molecule has 2 fully saturated rings. The molecule has 2 unspecified atom stereocenters. The average Bonchev–Trinajstić information content (AvgIpc) is 3.06. The molecule has 3 aliphatic heterocycles. The molecule has 0 bridgehead atoms. The van der Waals surface area contributed by atoms with Crippen LogP contribution in [0.5, 0.6) is 0 Å². The topological polar surface area (TPSA) is 157 Å². The number of carbonyl (C=O) groups excluding carboxylic acids is 1. The minimum absolute atomic E-state index is 0.212. The molecule has 22 heavy (non-hydrogen) atoms. The lowest BCUT2D eigenvalue weighted by Crippen LogP contribution is -2.62. The van der Waals surface area contributed by atoms with E-state index >= 15 is 0 Å². The van der Waals surface area contributed by atoms with Crippen LogP contribution in [-0.4, -0.2) is 62.4 Å². The van der Waals surface area contributed by atoms with Crippen molar-refractivity contribution in [1.82, 2.24) is 20.2 Å². The Morgan fingerprint density at radius 2 is 2.32 bits per heavy atom. The van der Waals surface area contributed by atoms with Gasteiger partial charge in [-0.05, 0) is 6.92 Å². The molecule has 1 spiro atoms. The van der Waals surface area contributed by atoms with Crippen LogP contribution in [0.15, 0.2) is 6.33 Å². The molecular formula is C12H18N6O4. The lowest BCUT2D eigenvalue weighted by molar-refractivity contribution is -0.0448. The standard InChI is InChI=1S/C12H18N6O4/c1-11(13)16-8-6(9(21)17-11)14-4-18(8)10-12(3-15-12)7(20)5(2-19)22-10/h4-5,7,10,15-16,19-20H,2-3,13H2,1H3,(H,17,21)/t5-,7+,10-,11?,12?/m1/s1. The molecule has 2 saturated heterocycles. The molecular weight excluding hydrogens is 292 g/mol. The predicted octanol–water partition coefficient (Wildman–Crippen LogP) is -2.74. The Balaban J connectivity index is 1.75. The number of aliphatic hydroxyl groups excluding tert-OH is 2. The van der Waals surface area contributed by atoms with Gasteiger partial charge in [0.25, 0.3) is 5.91 Å². The van der Waals surface area contributed by atoms with Crippen molar-refractivity contribution < 1.29 is 19.7 Å². The Bertz CT molecular complexity index is 640. The molecule has 7 N–H and O–H groups in total. The van der Waals surface area contributed by atoms with Crippen LogP contribution in [0.1, 0.15) is 23.6 Å². The molecule has 0 aliphatic carbocycles. The third-order valence-electron chi connectivity index (χ3n) is 4.40. The molecule has 0 saturated carbocycles. The highest BCUT2D eigenvalue weighted by Gasteiger charge is 2.64. The zero-order valence-corrected chi connectivity index (χ0v) is 11.9. The van der Waals surface area contributed by atoms with Gasteiger partial charge >= 0.3 is 0 Å². The van der Waals surface area contributed by atoms with E-state index in [9.17, 15) is 15.0 Å². The van der Waals surface area contributed by atoms with Crippen molar-refractivity contribution in [2.45, 2.75) is 36.7 Å². The Morgan fingerprint density at radius 3 is 2.95 bits per heavy atom. The maximum Gasteiger partial charge on any atom is 0.276 e.